The molecule has 4 atom stereocenters. The number of hydrogen-bond acceptors (Lipinski definition) is 3. The van der Waals surface area contributed by atoms with Crippen molar-refractivity contribution >= 4 is 11.8 Å². The van der Waals surface area contributed by atoms with Crippen LogP contribution in [0.2, 0.25) is 0 Å². The highest BCUT2D eigenvalue weighted by Crippen LogP contribution is 2.68. The van der Waals surface area contributed by atoms with Gasteiger partial charge in [0.2, 0.25) is 11.8 Å². The average Bonchev–Trinajstić information content (AvgIpc) is 2.71. The van der Waals surface area contributed by atoms with Crippen molar-refractivity contribution < 1.29 is 14.7 Å². The highest BCUT2D eigenvalue weighted by molar-refractivity contribution is 5.89. The van der Waals surface area contributed by atoms with E-state index in [9.17, 15) is 14.7 Å². The summed E-state index contributed by atoms with van der Waals surface area (Å²) in [5.41, 5.74) is 0.227. The molecule has 1 aliphatic heterocycles. The molecule has 1 heterocycles. The predicted octanol–water partition coefficient (Wildman–Crippen LogP) is 3.01. The smallest absolute Gasteiger partial charge is 0.242 e. The second-order valence-electron chi connectivity index (χ2n) is 10.7. The van der Waals surface area contributed by atoms with E-state index < -0.39 is 11.0 Å². The molecule has 2 amide bonds. The van der Waals surface area contributed by atoms with E-state index >= 15 is 0 Å². The zero-order valence-corrected chi connectivity index (χ0v) is 18.1. The van der Waals surface area contributed by atoms with Gasteiger partial charge < -0.3 is 14.9 Å². The summed E-state index contributed by atoms with van der Waals surface area (Å²) in [6, 6.07) is 10.2. The van der Waals surface area contributed by atoms with Gasteiger partial charge in [0.25, 0.3) is 0 Å². The summed E-state index contributed by atoms with van der Waals surface area (Å²) in [5, 5.41) is 11.2. The first-order valence-electron chi connectivity index (χ1n) is 11.7. The van der Waals surface area contributed by atoms with Crippen molar-refractivity contribution in [2.45, 2.75) is 63.9 Å². The van der Waals surface area contributed by atoms with Crippen molar-refractivity contribution in [2.24, 2.45) is 16.7 Å². The quantitative estimate of drug-likeness (QED) is 0.812. The normalized spacial score (nSPS) is 37.7. The minimum atomic E-state index is -0.674. The standard InChI is InChI=1S/C25H34N2O3/c1-2-23-12-20-13-24(16-23,18-25(30,14-20)17-23)22(29)27-11-10-26(21(28)15-27)9-8-19-6-4-3-5-7-19/h3-7,20,30H,2,8-18H2,1H3. The number of benzene rings is 1. The molecule has 5 nitrogen and oxygen atoms in total. The summed E-state index contributed by atoms with van der Waals surface area (Å²) < 4.78 is 0. The highest BCUT2D eigenvalue weighted by Gasteiger charge is 2.65. The molecular formula is C25H34N2O3. The molecule has 4 saturated carbocycles. The number of aliphatic hydroxyl groups is 1. The summed E-state index contributed by atoms with van der Waals surface area (Å²) in [7, 11) is 0. The zero-order valence-electron chi connectivity index (χ0n) is 18.1. The Balaban J connectivity index is 1.26. The zero-order chi connectivity index (χ0) is 21.0. The van der Waals surface area contributed by atoms with Crippen LogP contribution in [0.25, 0.3) is 0 Å². The fraction of sp³-hybridized carbons (Fsp3) is 0.680. The Kier molecular flexibility index (Phi) is 4.73. The van der Waals surface area contributed by atoms with Gasteiger partial charge in [-0.3, -0.25) is 9.59 Å². The minimum Gasteiger partial charge on any atom is -0.390 e. The van der Waals surface area contributed by atoms with Gasteiger partial charge in [0.05, 0.1) is 17.6 Å². The lowest BCUT2D eigenvalue weighted by Crippen LogP contribution is -2.65. The molecule has 5 aliphatic rings. The number of carbonyl (C=O) groups is 2. The second kappa shape index (κ2) is 7.08. The predicted molar refractivity (Wildman–Crippen MR) is 115 cm³/mol. The molecule has 0 radical (unpaired) electrons. The first-order valence-corrected chi connectivity index (χ1v) is 11.7. The lowest BCUT2D eigenvalue weighted by molar-refractivity contribution is -0.210. The monoisotopic (exact) mass is 410 g/mol. The maximum atomic E-state index is 13.7. The molecule has 1 saturated heterocycles. The van der Waals surface area contributed by atoms with Crippen molar-refractivity contribution in [3.63, 3.8) is 0 Å². The van der Waals surface area contributed by atoms with E-state index in [0.29, 0.717) is 32.0 Å². The molecule has 5 heteroatoms. The first kappa shape index (κ1) is 20.0. The SMILES string of the molecule is CCC12CC3CC(O)(C1)CC(C(=O)N1CCN(CCc4ccccc4)C(=O)C1)(C3)C2. The van der Waals surface area contributed by atoms with Crippen LogP contribution in [0.4, 0.5) is 0 Å². The van der Waals surface area contributed by atoms with E-state index in [0.717, 1.165) is 44.9 Å². The van der Waals surface area contributed by atoms with Crippen LogP contribution in [-0.2, 0) is 16.0 Å². The van der Waals surface area contributed by atoms with Crippen molar-refractivity contribution in [3.8, 4) is 0 Å². The highest BCUT2D eigenvalue weighted by atomic mass is 16.3. The van der Waals surface area contributed by atoms with Gasteiger partial charge in [-0.1, -0.05) is 43.7 Å². The van der Waals surface area contributed by atoms with E-state index in [1.807, 2.05) is 23.1 Å². The largest absolute Gasteiger partial charge is 0.390 e. The molecule has 1 aromatic carbocycles. The molecule has 0 aromatic heterocycles. The number of hydrogen-bond donors (Lipinski definition) is 1. The Labute approximate surface area is 179 Å². The van der Waals surface area contributed by atoms with E-state index in [-0.39, 0.29) is 23.8 Å². The number of rotatable bonds is 5. The number of piperazine rings is 1. The second-order valence-corrected chi connectivity index (χ2v) is 10.7. The molecule has 1 N–H and O–H groups in total. The topological polar surface area (TPSA) is 60.9 Å². The average molecular weight is 411 g/mol. The van der Waals surface area contributed by atoms with Crippen LogP contribution in [0.3, 0.4) is 0 Å². The molecule has 162 valence electrons. The van der Waals surface area contributed by atoms with Gasteiger partial charge in [-0.15, -0.1) is 0 Å². The van der Waals surface area contributed by atoms with Crippen LogP contribution < -0.4 is 0 Å². The fourth-order valence-electron chi connectivity index (χ4n) is 7.58. The third kappa shape index (κ3) is 3.35. The minimum absolute atomic E-state index is 0.0548. The molecule has 6 rings (SSSR count). The van der Waals surface area contributed by atoms with Crippen LogP contribution in [0.5, 0.6) is 0 Å². The molecule has 4 bridgehead atoms. The van der Waals surface area contributed by atoms with Crippen LogP contribution in [0.15, 0.2) is 30.3 Å². The Morgan fingerprint density at radius 2 is 1.90 bits per heavy atom. The third-order valence-electron chi connectivity index (χ3n) is 8.48. The van der Waals surface area contributed by atoms with Crippen molar-refractivity contribution in [1.29, 1.82) is 0 Å². The van der Waals surface area contributed by atoms with Gasteiger partial charge in [-0.2, -0.15) is 0 Å². The molecule has 1 aromatic rings. The maximum Gasteiger partial charge on any atom is 0.242 e. The van der Waals surface area contributed by atoms with Gasteiger partial charge >= 0.3 is 0 Å². The fourth-order valence-corrected chi connectivity index (χ4v) is 7.58. The number of nitrogens with zero attached hydrogens (tertiary/aromatic N) is 2. The molecule has 4 unspecified atom stereocenters. The van der Waals surface area contributed by atoms with Gasteiger partial charge in [-0.05, 0) is 61.8 Å². The lowest BCUT2D eigenvalue weighted by Gasteiger charge is -2.65. The maximum absolute atomic E-state index is 13.7. The van der Waals surface area contributed by atoms with Gasteiger partial charge in [0.15, 0.2) is 0 Å². The molecular weight excluding hydrogens is 376 g/mol. The molecule has 4 aliphatic carbocycles. The van der Waals surface area contributed by atoms with Crippen LogP contribution in [0, 0.1) is 16.7 Å². The van der Waals surface area contributed by atoms with E-state index in [2.05, 4.69) is 19.1 Å². The Morgan fingerprint density at radius 3 is 2.60 bits per heavy atom. The summed E-state index contributed by atoms with van der Waals surface area (Å²) in [6.45, 7) is 4.33. The van der Waals surface area contributed by atoms with Crippen LogP contribution in [-0.4, -0.2) is 58.5 Å². The molecule has 5 fully saturated rings. The van der Waals surface area contributed by atoms with Gasteiger partial charge in [0.1, 0.15) is 0 Å². The van der Waals surface area contributed by atoms with Gasteiger partial charge in [0, 0.05) is 19.6 Å². The van der Waals surface area contributed by atoms with Crippen molar-refractivity contribution in [1.82, 2.24) is 9.80 Å². The Bertz CT molecular complexity index is 842. The van der Waals surface area contributed by atoms with Crippen LogP contribution in [0.1, 0.15) is 57.4 Å². The Hall–Kier alpha value is -1.88. The summed E-state index contributed by atoms with van der Waals surface area (Å²) in [4.78, 5) is 30.3. The number of amides is 2. The summed E-state index contributed by atoms with van der Waals surface area (Å²) >= 11 is 0. The third-order valence-corrected chi connectivity index (χ3v) is 8.48. The number of carbonyl (C=O) groups excluding carboxylic acids is 2. The van der Waals surface area contributed by atoms with Crippen LogP contribution >= 0.6 is 0 Å². The first-order chi connectivity index (χ1) is 14.3. The lowest BCUT2D eigenvalue weighted by atomic mass is 9.42. The van der Waals surface area contributed by atoms with Crippen molar-refractivity contribution in [2.75, 3.05) is 26.2 Å². The van der Waals surface area contributed by atoms with E-state index in [1.165, 1.54) is 5.56 Å². The summed E-state index contributed by atoms with van der Waals surface area (Å²) in [5.74, 6) is 0.649. The molecule has 0 spiro atoms. The Morgan fingerprint density at radius 1 is 1.10 bits per heavy atom. The van der Waals surface area contributed by atoms with Gasteiger partial charge in [-0.25, -0.2) is 0 Å². The van der Waals surface area contributed by atoms with E-state index in [4.69, 9.17) is 0 Å². The summed E-state index contributed by atoms with van der Waals surface area (Å²) in [6.07, 6.45) is 7.15. The molecule has 30 heavy (non-hydrogen) atoms. The van der Waals surface area contributed by atoms with Crippen molar-refractivity contribution in [3.05, 3.63) is 35.9 Å². The van der Waals surface area contributed by atoms with E-state index in [1.54, 1.807) is 4.90 Å².